The predicted molar refractivity (Wildman–Crippen MR) is 87.4 cm³/mol. The smallest absolute Gasteiger partial charge is 0.257 e. The average molecular weight is 309 g/mol. The van der Waals surface area contributed by atoms with Gasteiger partial charge < -0.3 is 0 Å². The summed E-state index contributed by atoms with van der Waals surface area (Å²) in [7, 11) is 0. The first-order valence-corrected chi connectivity index (χ1v) is 8.80. The summed E-state index contributed by atoms with van der Waals surface area (Å²) in [5, 5.41) is 8.27. The van der Waals surface area contributed by atoms with Crippen LogP contribution in [0.2, 0.25) is 0 Å². The van der Waals surface area contributed by atoms with Crippen LogP contribution in [0.5, 0.6) is 0 Å². The molecule has 1 aliphatic rings. The first-order chi connectivity index (χ1) is 10.5. The van der Waals surface area contributed by atoms with Crippen molar-refractivity contribution >= 4 is 11.7 Å². The highest BCUT2D eigenvalue weighted by atomic mass is 16.2. The van der Waals surface area contributed by atoms with Crippen LogP contribution in [0, 0.1) is 5.41 Å². The Kier molecular flexibility index (Phi) is 7.17. The van der Waals surface area contributed by atoms with Crippen LogP contribution in [0.4, 0.5) is 0 Å². The molecule has 0 saturated carbocycles. The van der Waals surface area contributed by atoms with Gasteiger partial charge in [0, 0.05) is 6.42 Å². The number of carbonyl (C=O) groups is 2. The van der Waals surface area contributed by atoms with E-state index in [1.54, 1.807) is 0 Å². The van der Waals surface area contributed by atoms with Crippen LogP contribution in [0.3, 0.4) is 0 Å². The maximum absolute atomic E-state index is 12.9. The third-order valence-corrected chi connectivity index (χ3v) is 5.09. The van der Waals surface area contributed by atoms with Gasteiger partial charge in [-0.05, 0) is 25.7 Å². The Morgan fingerprint density at radius 3 is 2.32 bits per heavy atom. The molecule has 5 heteroatoms. The van der Waals surface area contributed by atoms with Crippen LogP contribution in [0.15, 0.2) is 10.3 Å². The van der Waals surface area contributed by atoms with Gasteiger partial charge >= 0.3 is 0 Å². The largest absolute Gasteiger partial charge is 0.298 e. The Morgan fingerprint density at radius 1 is 1.05 bits per heavy atom. The van der Waals surface area contributed by atoms with Gasteiger partial charge in [-0.1, -0.05) is 58.6 Å². The molecule has 0 bridgehead atoms. The quantitative estimate of drug-likeness (QED) is 0.481. The Morgan fingerprint density at radius 2 is 1.77 bits per heavy atom. The van der Waals surface area contributed by atoms with E-state index in [0.717, 1.165) is 32.1 Å². The van der Waals surface area contributed by atoms with Crippen molar-refractivity contribution in [1.82, 2.24) is 5.43 Å². The molecule has 0 spiro atoms. The van der Waals surface area contributed by atoms with Crippen molar-refractivity contribution in [1.29, 1.82) is 0 Å². The Balaban J connectivity index is 3.16. The minimum absolute atomic E-state index is 0.0194. The summed E-state index contributed by atoms with van der Waals surface area (Å²) in [4.78, 5) is 25.5. The normalized spacial score (nSPS) is 27.7. The molecule has 0 aromatic heterocycles. The molecule has 22 heavy (non-hydrogen) atoms. The number of rotatable bonds is 10. The summed E-state index contributed by atoms with van der Waals surface area (Å²) in [6, 6.07) is 0. The molecule has 0 radical (unpaired) electrons. The van der Waals surface area contributed by atoms with Gasteiger partial charge in [-0.2, -0.15) is 5.11 Å². The number of carbonyl (C=O) groups excluding carboxylic acids is 2. The van der Waals surface area contributed by atoms with E-state index < -0.39 is 11.0 Å². The monoisotopic (exact) mass is 309 g/mol. The number of nitrogens with zero attached hydrogens (tertiary/aromatic N) is 2. The summed E-state index contributed by atoms with van der Waals surface area (Å²) in [5.74, 6) is -0.244. The number of hydrogen-bond donors (Lipinski definition) is 1. The standard InChI is InChI=1S/C17H31N3O2/c1-5-9-10-11-13-16(7-3)17(8-4,14(21)12-6-2)15(22)18-20-19-16/h5-13H2,1-4H3,(H,18,19,22). The third-order valence-electron chi connectivity index (χ3n) is 5.09. The minimum Gasteiger partial charge on any atom is -0.298 e. The number of amides is 1. The summed E-state index contributed by atoms with van der Waals surface area (Å²) in [6.07, 6.45) is 7.50. The number of Topliss-reactive ketones (excluding diaryl/α,β-unsaturated/α-hetero) is 1. The van der Waals surface area contributed by atoms with E-state index in [1.165, 1.54) is 6.42 Å². The molecule has 0 aromatic carbocycles. The zero-order valence-electron chi connectivity index (χ0n) is 14.6. The van der Waals surface area contributed by atoms with Gasteiger partial charge in [-0.25, -0.2) is 5.43 Å². The van der Waals surface area contributed by atoms with Crippen LogP contribution in [0.25, 0.3) is 0 Å². The van der Waals surface area contributed by atoms with Crippen LogP contribution >= 0.6 is 0 Å². The zero-order valence-corrected chi connectivity index (χ0v) is 14.6. The highest BCUT2D eigenvalue weighted by molar-refractivity contribution is 6.07. The number of unbranched alkanes of at least 4 members (excludes halogenated alkanes) is 3. The van der Waals surface area contributed by atoms with E-state index in [0.29, 0.717) is 19.3 Å². The molecule has 1 rings (SSSR count). The van der Waals surface area contributed by atoms with Crippen molar-refractivity contribution in [2.75, 3.05) is 0 Å². The number of nitrogens with one attached hydrogen (secondary N) is 1. The Labute approximate surface area is 134 Å². The summed E-state index contributed by atoms with van der Waals surface area (Å²) in [6.45, 7) is 8.08. The molecule has 1 heterocycles. The van der Waals surface area contributed by atoms with Gasteiger partial charge in [-0.15, -0.1) is 0 Å². The molecule has 126 valence electrons. The molecular weight excluding hydrogens is 278 g/mol. The fourth-order valence-corrected chi connectivity index (χ4v) is 3.73. The van der Waals surface area contributed by atoms with Gasteiger partial charge in [0.15, 0.2) is 5.78 Å². The second-order valence-electron chi connectivity index (χ2n) is 6.27. The lowest BCUT2D eigenvalue weighted by Crippen LogP contribution is -2.61. The summed E-state index contributed by atoms with van der Waals surface area (Å²) in [5.41, 5.74) is 0.726. The van der Waals surface area contributed by atoms with Crippen molar-refractivity contribution < 1.29 is 9.59 Å². The number of ketones is 1. The third kappa shape index (κ3) is 3.23. The van der Waals surface area contributed by atoms with Gasteiger partial charge in [0.25, 0.3) is 5.91 Å². The Bertz CT molecular complexity index is 422. The van der Waals surface area contributed by atoms with Crippen LogP contribution in [0.1, 0.15) is 85.5 Å². The maximum atomic E-state index is 12.9. The van der Waals surface area contributed by atoms with Gasteiger partial charge in [0.1, 0.15) is 11.0 Å². The van der Waals surface area contributed by atoms with Crippen molar-refractivity contribution in [2.45, 2.75) is 91.0 Å². The van der Waals surface area contributed by atoms with E-state index in [-0.39, 0.29) is 11.7 Å². The fraction of sp³-hybridized carbons (Fsp3) is 0.882. The SMILES string of the molecule is CCCCCCC1(CC)N=NNC(=O)C1(CC)C(=O)CCC. The van der Waals surface area contributed by atoms with Crippen molar-refractivity contribution in [2.24, 2.45) is 15.8 Å². The van der Waals surface area contributed by atoms with E-state index >= 15 is 0 Å². The lowest BCUT2D eigenvalue weighted by molar-refractivity contribution is -0.151. The van der Waals surface area contributed by atoms with Gasteiger partial charge in [-0.3, -0.25) is 9.59 Å². The molecular formula is C17H31N3O2. The second kappa shape index (κ2) is 8.39. The molecule has 0 aliphatic carbocycles. The molecule has 2 unspecified atom stereocenters. The lowest BCUT2D eigenvalue weighted by atomic mass is 9.60. The van der Waals surface area contributed by atoms with Crippen molar-refractivity contribution in [3.8, 4) is 0 Å². The molecule has 5 nitrogen and oxygen atoms in total. The highest BCUT2D eigenvalue weighted by Gasteiger charge is 2.60. The molecule has 0 saturated heterocycles. The van der Waals surface area contributed by atoms with E-state index in [9.17, 15) is 9.59 Å². The van der Waals surface area contributed by atoms with Crippen LogP contribution < -0.4 is 5.43 Å². The highest BCUT2D eigenvalue weighted by Crippen LogP contribution is 2.48. The van der Waals surface area contributed by atoms with Crippen molar-refractivity contribution in [3.05, 3.63) is 0 Å². The molecule has 0 aromatic rings. The van der Waals surface area contributed by atoms with Crippen LogP contribution in [-0.4, -0.2) is 17.2 Å². The molecule has 2 atom stereocenters. The second-order valence-corrected chi connectivity index (χ2v) is 6.27. The fourth-order valence-electron chi connectivity index (χ4n) is 3.73. The summed E-state index contributed by atoms with van der Waals surface area (Å²) >= 11 is 0. The number of hydrogen-bond acceptors (Lipinski definition) is 4. The zero-order chi connectivity index (χ0) is 16.6. The van der Waals surface area contributed by atoms with E-state index in [4.69, 9.17) is 0 Å². The van der Waals surface area contributed by atoms with E-state index in [1.807, 2.05) is 20.8 Å². The predicted octanol–water partition coefficient (Wildman–Crippen LogP) is 4.37. The maximum Gasteiger partial charge on any atom is 0.257 e. The molecule has 1 amide bonds. The molecule has 1 aliphatic heterocycles. The van der Waals surface area contributed by atoms with E-state index in [2.05, 4.69) is 22.7 Å². The summed E-state index contributed by atoms with van der Waals surface area (Å²) < 4.78 is 0. The molecule has 1 N–H and O–H groups in total. The lowest BCUT2D eigenvalue weighted by Gasteiger charge is -2.46. The molecule has 0 fully saturated rings. The van der Waals surface area contributed by atoms with Gasteiger partial charge in [0.05, 0.1) is 0 Å². The first-order valence-electron chi connectivity index (χ1n) is 8.80. The van der Waals surface area contributed by atoms with Crippen LogP contribution in [-0.2, 0) is 9.59 Å². The average Bonchev–Trinajstić information content (AvgIpc) is 2.52. The minimum atomic E-state index is -1.05. The first kappa shape index (κ1) is 18.8. The Hall–Kier alpha value is -1.26. The topological polar surface area (TPSA) is 70.9 Å². The van der Waals surface area contributed by atoms with Gasteiger partial charge in [0.2, 0.25) is 0 Å². The van der Waals surface area contributed by atoms with Crippen molar-refractivity contribution in [3.63, 3.8) is 0 Å².